The summed E-state index contributed by atoms with van der Waals surface area (Å²) < 4.78 is 10.4. The Kier molecular flexibility index (Phi) is 5.94. The summed E-state index contributed by atoms with van der Waals surface area (Å²) in [6, 6.07) is 14.3. The fourth-order valence-electron chi connectivity index (χ4n) is 2.50. The van der Waals surface area contributed by atoms with E-state index in [1.54, 1.807) is 42.5 Å². The molecule has 2 rings (SSSR count). The molecule has 2 aromatic rings. The molecule has 134 valence electrons. The molecule has 2 N–H and O–H groups in total. The van der Waals surface area contributed by atoms with E-state index in [1.165, 1.54) is 26.4 Å². The number of aliphatic hydroxyl groups is 1. The lowest BCUT2D eigenvalue weighted by Crippen LogP contribution is -2.47. The summed E-state index contributed by atoms with van der Waals surface area (Å²) in [7, 11) is 2.90. The van der Waals surface area contributed by atoms with Gasteiger partial charge in [0.25, 0.3) is 5.91 Å². The van der Waals surface area contributed by atoms with Gasteiger partial charge in [0.1, 0.15) is 6.42 Å². The maximum Gasteiger partial charge on any atom is 0.267 e. The number of hydrogen-bond acceptors (Lipinski definition) is 6. The molecule has 0 aliphatic carbocycles. The van der Waals surface area contributed by atoms with Crippen molar-refractivity contribution < 1.29 is 24.2 Å². The van der Waals surface area contributed by atoms with E-state index in [-0.39, 0.29) is 11.1 Å². The minimum atomic E-state index is -2.16. The summed E-state index contributed by atoms with van der Waals surface area (Å²) in [4.78, 5) is 24.4. The first kappa shape index (κ1) is 19.0. The van der Waals surface area contributed by atoms with E-state index in [2.05, 4.69) is 5.32 Å². The fourth-order valence-corrected chi connectivity index (χ4v) is 2.50. The maximum absolute atomic E-state index is 12.7. The lowest BCUT2D eigenvalue weighted by molar-refractivity contribution is -0.141. The third-order valence-electron chi connectivity index (χ3n) is 3.81. The molecule has 7 nitrogen and oxygen atoms in total. The monoisotopic (exact) mass is 354 g/mol. The Morgan fingerprint density at radius 3 is 2.31 bits per heavy atom. The van der Waals surface area contributed by atoms with Crippen molar-refractivity contribution in [3.8, 4) is 17.6 Å². The summed E-state index contributed by atoms with van der Waals surface area (Å²) in [5.74, 6) is -1.02. The smallest absolute Gasteiger partial charge is 0.267 e. The van der Waals surface area contributed by atoms with Crippen molar-refractivity contribution in [3.05, 3.63) is 59.7 Å². The molecule has 0 bridgehead atoms. The molecule has 0 fully saturated rings. The number of nitriles is 1. The SMILES string of the molecule is COc1ccc(C(O)(C(=O)NC(=O)CC#N)c2ccccc2)cc1OC. The minimum Gasteiger partial charge on any atom is -0.493 e. The van der Waals surface area contributed by atoms with Gasteiger partial charge in [0.2, 0.25) is 5.91 Å². The lowest BCUT2D eigenvalue weighted by Gasteiger charge is -2.28. The van der Waals surface area contributed by atoms with Crippen molar-refractivity contribution in [2.24, 2.45) is 0 Å². The number of carbonyl (C=O) groups excluding carboxylic acids is 2. The Balaban J connectivity index is 2.57. The molecule has 0 saturated heterocycles. The number of hydrogen-bond donors (Lipinski definition) is 2. The predicted molar refractivity (Wildman–Crippen MR) is 92.4 cm³/mol. The maximum atomic E-state index is 12.7. The number of imide groups is 1. The molecule has 1 unspecified atom stereocenters. The molecular formula is C19H18N2O5. The van der Waals surface area contributed by atoms with Gasteiger partial charge in [-0.1, -0.05) is 36.4 Å². The van der Waals surface area contributed by atoms with E-state index in [0.29, 0.717) is 11.5 Å². The molecule has 0 radical (unpaired) electrons. The average molecular weight is 354 g/mol. The first-order chi connectivity index (χ1) is 12.5. The third-order valence-corrected chi connectivity index (χ3v) is 3.81. The Morgan fingerprint density at radius 2 is 1.73 bits per heavy atom. The Labute approximate surface area is 150 Å². The number of rotatable bonds is 6. The Morgan fingerprint density at radius 1 is 1.08 bits per heavy atom. The molecule has 0 saturated carbocycles. The van der Waals surface area contributed by atoms with Gasteiger partial charge in [0.15, 0.2) is 17.1 Å². The van der Waals surface area contributed by atoms with E-state index in [4.69, 9.17) is 14.7 Å². The van der Waals surface area contributed by atoms with E-state index in [9.17, 15) is 14.7 Å². The van der Waals surface area contributed by atoms with Crippen LogP contribution in [0.15, 0.2) is 48.5 Å². The number of carbonyl (C=O) groups is 2. The van der Waals surface area contributed by atoms with Crippen molar-refractivity contribution in [2.45, 2.75) is 12.0 Å². The van der Waals surface area contributed by atoms with Crippen LogP contribution in [0.5, 0.6) is 11.5 Å². The van der Waals surface area contributed by atoms with Gasteiger partial charge < -0.3 is 14.6 Å². The first-order valence-corrected chi connectivity index (χ1v) is 7.69. The van der Waals surface area contributed by atoms with Crippen LogP contribution in [0.2, 0.25) is 0 Å². The van der Waals surface area contributed by atoms with Crippen LogP contribution in [0.4, 0.5) is 0 Å². The average Bonchev–Trinajstić information content (AvgIpc) is 2.67. The number of benzene rings is 2. The van der Waals surface area contributed by atoms with Crippen molar-refractivity contribution >= 4 is 11.8 Å². The Hall–Kier alpha value is -3.37. The zero-order valence-corrected chi connectivity index (χ0v) is 14.4. The van der Waals surface area contributed by atoms with Crippen LogP contribution in [-0.2, 0) is 15.2 Å². The van der Waals surface area contributed by atoms with E-state index in [0.717, 1.165) is 0 Å². The highest BCUT2D eigenvalue weighted by atomic mass is 16.5. The van der Waals surface area contributed by atoms with Gasteiger partial charge in [-0.05, 0) is 17.7 Å². The zero-order chi connectivity index (χ0) is 19.2. The van der Waals surface area contributed by atoms with Gasteiger partial charge in [-0.15, -0.1) is 0 Å². The van der Waals surface area contributed by atoms with Crippen molar-refractivity contribution in [1.82, 2.24) is 5.32 Å². The summed E-state index contributed by atoms with van der Waals surface area (Å²) in [6.07, 6.45) is -0.497. The molecule has 0 aliphatic heterocycles. The van der Waals surface area contributed by atoms with E-state index in [1.807, 2.05) is 0 Å². The number of nitrogens with zero attached hydrogens (tertiary/aromatic N) is 1. The highest BCUT2D eigenvalue weighted by molar-refractivity contribution is 6.02. The van der Waals surface area contributed by atoms with Gasteiger partial charge in [0, 0.05) is 5.56 Å². The molecule has 0 aliphatic rings. The molecule has 2 amide bonds. The number of nitrogens with one attached hydrogen (secondary N) is 1. The first-order valence-electron chi connectivity index (χ1n) is 7.69. The Bertz CT molecular complexity index is 845. The number of amides is 2. The highest BCUT2D eigenvalue weighted by Gasteiger charge is 2.41. The molecule has 26 heavy (non-hydrogen) atoms. The molecule has 1 atom stereocenters. The topological polar surface area (TPSA) is 109 Å². The second kappa shape index (κ2) is 8.14. The predicted octanol–water partition coefficient (Wildman–Crippen LogP) is 1.50. The second-order valence-electron chi connectivity index (χ2n) is 5.36. The lowest BCUT2D eigenvalue weighted by atomic mass is 9.85. The summed E-state index contributed by atoms with van der Waals surface area (Å²) >= 11 is 0. The van der Waals surface area contributed by atoms with Crippen LogP contribution in [0, 0.1) is 11.3 Å². The summed E-state index contributed by atoms with van der Waals surface area (Å²) in [6.45, 7) is 0. The van der Waals surface area contributed by atoms with Gasteiger partial charge in [-0.3, -0.25) is 14.9 Å². The van der Waals surface area contributed by atoms with Crippen LogP contribution in [0.25, 0.3) is 0 Å². The molecule has 2 aromatic carbocycles. The van der Waals surface area contributed by atoms with Crippen LogP contribution >= 0.6 is 0 Å². The van der Waals surface area contributed by atoms with E-state index >= 15 is 0 Å². The molecule has 0 heterocycles. The molecule has 0 spiro atoms. The van der Waals surface area contributed by atoms with Gasteiger partial charge >= 0.3 is 0 Å². The largest absolute Gasteiger partial charge is 0.493 e. The zero-order valence-electron chi connectivity index (χ0n) is 14.4. The third kappa shape index (κ3) is 3.66. The summed E-state index contributed by atoms with van der Waals surface area (Å²) in [5, 5.41) is 21.9. The van der Waals surface area contributed by atoms with Gasteiger partial charge in [-0.25, -0.2) is 0 Å². The van der Waals surface area contributed by atoms with Crippen LogP contribution in [0.3, 0.4) is 0 Å². The molecule has 7 heteroatoms. The van der Waals surface area contributed by atoms with Crippen molar-refractivity contribution in [3.63, 3.8) is 0 Å². The van der Waals surface area contributed by atoms with Gasteiger partial charge in [-0.2, -0.15) is 5.26 Å². The standard InChI is InChI=1S/C19H18N2O5/c1-25-15-9-8-14(12-16(15)26-2)19(24,13-6-4-3-5-7-13)18(23)21-17(22)10-11-20/h3-9,12,24H,10H2,1-2H3,(H,21,22,23). The van der Waals surface area contributed by atoms with Crippen molar-refractivity contribution in [2.75, 3.05) is 14.2 Å². The number of ether oxygens (including phenoxy) is 2. The van der Waals surface area contributed by atoms with Crippen LogP contribution < -0.4 is 14.8 Å². The normalized spacial score (nSPS) is 12.4. The second-order valence-corrected chi connectivity index (χ2v) is 5.36. The highest BCUT2D eigenvalue weighted by Crippen LogP contribution is 2.36. The molecule has 0 aromatic heterocycles. The van der Waals surface area contributed by atoms with Gasteiger partial charge in [0.05, 0.1) is 20.3 Å². The van der Waals surface area contributed by atoms with Crippen LogP contribution in [-0.4, -0.2) is 31.1 Å². The molecular weight excluding hydrogens is 336 g/mol. The summed E-state index contributed by atoms with van der Waals surface area (Å²) in [5.41, 5.74) is -1.72. The van der Waals surface area contributed by atoms with Crippen LogP contribution in [0.1, 0.15) is 17.5 Å². The van der Waals surface area contributed by atoms with Crippen molar-refractivity contribution in [1.29, 1.82) is 5.26 Å². The minimum absolute atomic E-state index is 0.184. The number of methoxy groups -OCH3 is 2. The fraction of sp³-hybridized carbons (Fsp3) is 0.211. The quantitative estimate of drug-likeness (QED) is 0.814. The van der Waals surface area contributed by atoms with E-state index < -0.39 is 23.8 Å².